The zero-order valence-corrected chi connectivity index (χ0v) is 10.7. The predicted octanol–water partition coefficient (Wildman–Crippen LogP) is 0.452. The van der Waals surface area contributed by atoms with Crippen LogP contribution < -0.4 is 10.5 Å². The van der Waals surface area contributed by atoms with Gasteiger partial charge in [0.1, 0.15) is 10.5 Å². The lowest BCUT2D eigenvalue weighted by atomic mass is 10.3. The fraction of sp³-hybridized carbons (Fsp3) is 0.444. The highest BCUT2D eigenvalue weighted by atomic mass is 79.9. The molecule has 1 N–H and O–H groups in total. The lowest BCUT2D eigenvalue weighted by Crippen LogP contribution is -2.37. The van der Waals surface area contributed by atoms with Crippen LogP contribution in [0.25, 0.3) is 0 Å². The second-order valence-electron chi connectivity index (χ2n) is 3.40. The number of nitrogens with zero attached hydrogens (tertiary/aromatic N) is 3. The van der Waals surface area contributed by atoms with Gasteiger partial charge in [-0.1, -0.05) is 0 Å². The summed E-state index contributed by atoms with van der Waals surface area (Å²) in [6, 6.07) is -0.731. The number of halogens is 1. The molecule has 1 aromatic rings. The molecule has 0 radical (unpaired) electrons. The van der Waals surface area contributed by atoms with Gasteiger partial charge >= 0.3 is 5.97 Å². The fourth-order valence-corrected chi connectivity index (χ4v) is 1.76. The van der Waals surface area contributed by atoms with Crippen LogP contribution in [0.2, 0.25) is 0 Å². The van der Waals surface area contributed by atoms with Crippen molar-refractivity contribution in [2.45, 2.75) is 13.0 Å². The third kappa shape index (κ3) is 2.24. The second kappa shape index (κ2) is 4.65. The maximum absolute atomic E-state index is 11.6. The van der Waals surface area contributed by atoms with Crippen LogP contribution in [0.1, 0.15) is 6.92 Å². The summed E-state index contributed by atoms with van der Waals surface area (Å²) in [6.45, 7) is 1.53. The first kappa shape index (κ1) is 12.7. The van der Waals surface area contributed by atoms with Crippen LogP contribution in [0.5, 0.6) is 0 Å². The molecule has 1 atom stereocenters. The number of aliphatic carboxylic acids is 1. The Hall–Kier alpha value is -1.37. The number of rotatable bonds is 3. The van der Waals surface area contributed by atoms with Crippen molar-refractivity contribution < 1.29 is 9.90 Å². The molecule has 6 nitrogen and oxygen atoms in total. The molecule has 88 valence electrons. The topological polar surface area (TPSA) is 75.4 Å². The summed E-state index contributed by atoms with van der Waals surface area (Å²) in [5.74, 6) is -0.963. The Morgan fingerprint density at radius 1 is 1.69 bits per heavy atom. The number of aromatic nitrogens is 2. The molecule has 0 aliphatic carbocycles. The highest BCUT2D eigenvalue weighted by molar-refractivity contribution is 9.10. The second-order valence-corrected chi connectivity index (χ2v) is 4.19. The summed E-state index contributed by atoms with van der Waals surface area (Å²) in [5, 5.41) is 12.7. The maximum Gasteiger partial charge on any atom is 0.326 e. The number of likely N-dealkylation sites (N-methyl/N-ethyl adjacent to an activating group) is 1. The average molecular weight is 290 g/mol. The summed E-state index contributed by atoms with van der Waals surface area (Å²) >= 11 is 3.14. The Morgan fingerprint density at radius 2 is 2.25 bits per heavy atom. The SMILES string of the molecule is CC(C(=O)O)N(C)c1cnn(C)c(=O)c1Br. The molecule has 0 saturated carbocycles. The number of carboxylic acids is 1. The van der Waals surface area contributed by atoms with Crippen molar-refractivity contribution in [2.24, 2.45) is 7.05 Å². The van der Waals surface area contributed by atoms with Crippen LogP contribution in [0.3, 0.4) is 0 Å². The van der Waals surface area contributed by atoms with Crippen LogP contribution in [0.15, 0.2) is 15.5 Å². The molecule has 0 aliphatic rings. The van der Waals surface area contributed by atoms with Gasteiger partial charge < -0.3 is 10.0 Å². The van der Waals surface area contributed by atoms with Crippen molar-refractivity contribution in [1.29, 1.82) is 0 Å². The molecule has 0 saturated heterocycles. The largest absolute Gasteiger partial charge is 0.480 e. The molecular weight excluding hydrogens is 278 g/mol. The first-order valence-corrected chi connectivity index (χ1v) is 5.33. The molecular formula is C9H12BrN3O3. The molecule has 7 heteroatoms. The van der Waals surface area contributed by atoms with E-state index in [1.165, 1.54) is 29.7 Å². The minimum Gasteiger partial charge on any atom is -0.480 e. The lowest BCUT2D eigenvalue weighted by Gasteiger charge is -2.24. The normalized spacial score (nSPS) is 12.2. The smallest absolute Gasteiger partial charge is 0.326 e. The van der Waals surface area contributed by atoms with E-state index in [9.17, 15) is 9.59 Å². The van der Waals surface area contributed by atoms with Crippen LogP contribution in [-0.2, 0) is 11.8 Å². The van der Waals surface area contributed by atoms with E-state index in [-0.39, 0.29) is 5.56 Å². The van der Waals surface area contributed by atoms with Gasteiger partial charge in [-0.25, -0.2) is 9.48 Å². The van der Waals surface area contributed by atoms with E-state index >= 15 is 0 Å². The first-order valence-electron chi connectivity index (χ1n) is 4.53. The molecule has 0 bridgehead atoms. The number of aryl methyl sites for hydroxylation is 1. The van der Waals surface area contributed by atoms with E-state index in [1.54, 1.807) is 7.05 Å². The number of anilines is 1. The van der Waals surface area contributed by atoms with Gasteiger partial charge in [-0.3, -0.25) is 4.79 Å². The van der Waals surface area contributed by atoms with Gasteiger partial charge in [-0.2, -0.15) is 5.10 Å². The summed E-state index contributed by atoms with van der Waals surface area (Å²) in [7, 11) is 3.12. The van der Waals surface area contributed by atoms with Gasteiger partial charge in [0.15, 0.2) is 0 Å². The van der Waals surface area contributed by atoms with E-state index in [4.69, 9.17) is 5.11 Å². The maximum atomic E-state index is 11.6. The molecule has 1 unspecified atom stereocenters. The van der Waals surface area contributed by atoms with Crippen LogP contribution in [0.4, 0.5) is 5.69 Å². The van der Waals surface area contributed by atoms with Gasteiger partial charge in [0.05, 0.1) is 11.9 Å². The monoisotopic (exact) mass is 289 g/mol. The summed E-state index contributed by atoms with van der Waals surface area (Å²) in [6.07, 6.45) is 1.45. The molecule has 0 aromatic carbocycles. The zero-order chi connectivity index (χ0) is 12.5. The van der Waals surface area contributed by atoms with Crippen molar-refractivity contribution in [1.82, 2.24) is 9.78 Å². The molecule has 1 aromatic heterocycles. The lowest BCUT2D eigenvalue weighted by molar-refractivity contribution is -0.138. The molecule has 0 spiro atoms. The average Bonchev–Trinajstić information content (AvgIpc) is 2.24. The minimum atomic E-state index is -0.963. The first-order chi connectivity index (χ1) is 7.36. The van der Waals surface area contributed by atoms with E-state index in [0.29, 0.717) is 10.2 Å². The molecule has 1 rings (SSSR count). The Morgan fingerprint density at radius 3 is 2.75 bits per heavy atom. The number of carbonyl (C=O) groups is 1. The molecule has 0 aliphatic heterocycles. The Balaban J connectivity index is 3.20. The highest BCUT2D eigenvalue weighted by Crippen LogP contribution is 2.21. The van der Waals surface area contributed by atoms with Gasteiger partial charge in [0.2, 0.25) is 0 Å². The number of hydrogen-bond donors (Lipinski definition) is 1. The van der Waals surface area contributed by atoms with Crippen LogP contribution >= 0.6 is 15.9 Å². The number of hydrogen-bond acceptors (Lipinski definition) is 4. The van der Waals surface area contributed by atoms with Crippen molar-refractivity contribution in [2.75, 3.05) is 11.9 Å². The van der Waals surface area contributed by atoms with E-state index in [0.717, 1.165) is 0 Å². The summed E-state index contributed by atoms with van der Waals surface area (Å²) in [4.78, 5) is 23.9. The Bertz CT molecular complexity index is 472. The number of carboxylic acid groups (broad SMARTS) is 1. The van der Waals surface area contributed by atoms with Crippen molar-refractivity contribution in [3.05, 3.63) is 21.0 Å². The van der Waals surface area contributed by atoms with E-state index < -0.39 is 12.0 Å². The van der Waals surface area contributed by atoms with Crippen molar-refractivity contribution >= 4 is 27.6 Å². The summed E-state index contributed by atoms with van der Waals surface area (Å²) in [5.41, 5.74) is 0.153. The highest BCUT2D eigenvalue weighted by Gasteiger charge is 2.20. The van der Waals surface area contributed by atoms with Crippen LogP contribution in [-0.4, -0.2) is 33.9 Å². The standard InChI is InChI=1S/C9H12BrN3O3/c1-5(9(15)16)12(2)6-4-11-13(3)8(14)7(6)10/h4-5H,1-3H3,(H,15,16). The van der Waals surface area contributed by atoms with Crippen molar-refractivity contribution in [3.63, 3.8) is 0 Å². The Kier molecular flexibility index (Phi) is 3.69. The van der Waals surface area contributed by atoms with E-state index in [2.05, 4.69) is 21.0 Å². The molecule has 0 fully saturated rings. The minimum absolute atomic E-state index is 0.304. The van der Waals surface area contributed by atoms with Gasteiger partial charge in [-0.05, 0) is 22.9 Å². The third-order valence-corrected chi connectivity index (χ3v) is 3.12. The molecule has 16 heavy (non-hydrogen) atoms. The molecule has 1 heterocycles. The molecule has 0 amide bonds. The van der Waals surface area contributed by atoms with E-state index in [1.807, 2.05) is 0 Å². The summed E-state index contributed by atoms with van der Waals surface area (Å²) < 4.78 is 1.48. The van der Waals surface area contributed by atoms with Crippen molar-refractivity contribution in [3.8, 4) is 0 Å². The van der Waals surface area contributed by atoms with Gasteiger partial charge in [0.25, 0.3) is 5.56 Å². The fourth-order valence-electron chi connectivity index (χ4n) is 1.12. The predicted molar refractivity (Wildman–Crippen MR) is 62.7 cm³/mol. The quantitative estimate of drug-likeness (QED) is 0.875. The van der Waals surface area contributed by atoms with Gasteiger partial charge in [-0.15, -0.1) is 0 Å². The van der Waals surface area contributed by atoms with Gasteiger partial charge in [0, 0.05) is 14.1 Å². The van der Waals surface area contributed by atoms with Crippen LogP contribution in [0, 0.1) is 0 Å². The third-order valence-electron chi connectivity index (χ3n) is 2.38. The zero-order valence-electron chi connectivity index (χ0n) is 9.14. The Labute approximate surface area is 101 Å².